The van der Waals surface area contributed by atoms with Crippen LogP contribution in [0.5, 0.6) is 5.75 Å². The third-order valence-electron chi connectivity index (χ3n) is 16.5. The number of nitrogens with one attached hydrogen (secondary N) is 1. The molecule has 3 N–H and O–H groups in total. The van der Waals surface area contributed by atoms with Crippen LogP contribution in [0.25, 0.3) is 21.9 Å². The van der Waals surface area contributed by atoms with Gasteiger partial charge in [0, 0.05) is 39.6 Å². The van der Waals surface area contributed by atoms with E-state index in [-0.39, 0.29) is 35.6 Å². The Morgan fingerprint density at radius 1 is 0.754 bits per heavy atom. The molecule has 5 aromatic carbocycles. The molecule has 8 unspecified atom stereocenters. The summed E-state index contributed by atoms with van der Waals surface area (Å²) in [7, 11) is 1.62. The number of carbonyl (C=O) groups excluding carboxylic acids is 2. The summed E-state index contributed by atoms with van der Waals surface area (Å²) in [5.41, 5.74) is 2.24. The molecule has 0 aromatic heterocycles. The molecule has 2 spiro atoms. The maximum absolute atomic E-state index is 15.3. The van der Waals surface area contributed by atoms with Gasteiger partial charge in [0.25, 0.3) is 0 Å². The molecule has 6 aliphatic rings. The van der Waals surface area contributed by atoms with Crippen LogP contribution >= 0.6 is 0 Å². The summed E-state index contributed by atoms with van der Waals surface area (Å²) in [6.45, 7) is 5.09. The SMILES string of the molecule is COc1ccc(NC(=O)N(Cc2cccc3ccccc23)CC2(O)CCC3C45C=CC6(C=C4C(=O)c4ccc(-c7ccccc7)cc4)CC(O)CCC6(C)C5CCC32C)cc1. The number of benzene rings is 5. The third kappa shape index (κ3) is 6.06. The van der Waals surface area contributed by atoms with Gasteiger partial charge in [-0.3, -0.25) is 4.79 Å². The molecule has 0 heterocycles. The Bertz CT molecular complexity index is 2560. The zero-order valence-electron chi connectivity index (χ0n) is 35.4. The Hall–Kier alpha value is -5.50. The molecule has 7 heteroatoms. The van der Waals surface area contributed by atoms with E-state index in [1.807, 2.05) is 84.9 Å². The first kappa shape index (κ1) is 39.6. The minimum absolute atomic E-state index is 0.0339. The maximum atomic E-state index is 15.3. The van der Waals surface area contributed by atoms with Gasteiger partial charge in [-0.2, -0.15) is 0 Å². The third-order valence-corrected chi connectivity index (χ3v) is 16.5. The van der Waals surface area contributed by atoms with Crippen molar-refractivity contribution in [3.8, 4) is 16.9 Å². The first-order valence-electron chi connectivity index (χ1n) is 22.1. The predicted octanol–water partition coefficient (Wildman–Crippen LogP) is 11.0. The highest BCUT2D eigenvalue weighted by atomic mass is 16.5. The van der Waals surface area contributed by atoms with Crippen LogP contribution < -0.4 is 10.1 Å². The van der Waals surface area contributed by atoms with Crippen LogP contribution in [0.15, 0.2) is 145 Å². The number of methoxy groups -OCH3 is 1. The van der Waals surface area contributed by atoms with Crippen LogP contribution in [0.3, 0.4) is 0 Å². The number of amides is 2. The van der Waals surface area contributed by atoms with Gasteiger partial charge in [0.1, 0.15) is 5.75 Å². The standard InChI is InChI=1S/C54H56N2O5/c1-50-27-24-42(57)32-52(50)30-31-54(45(33-52)48(58)39-18-16-37(17-19-39)36-10-5-4-6-11-36)46(50)25-28-51(2)47(54)26-29-53(51,60)35-56(49(59)55-41-20-22-43(61-3)23-21-41)34-40-14-9-13-38-12-7-8-15-44(38)40/h4-23,30-31,33,42,46-47,57,60H,24-29,32,34-35H2,1-3H3,(H,55,59). The molecule has 2 bridgehead atoms. The number of ketones is 1. The quantitative estimate of drug-likeness (QED) is 0.102. The summed E-state index contributed by atoms with van der Waals surface area (Å²) in [5, 5.41) is 29.9. The van der Waals surface area contributed by atoms with E-state index in [4.69, 9.17) is 4.74 Å². The lowest BCUT2D eigenvalue weighted by Gasteiger charge is -2.71. The molecule has 8 atom stereocenters. The molecule has 3 fully saturated rings. The fourth-order valence-corrected chi connectivity index (χ4v) is 13.2. The summed E-state index contributed by atoms with van der Waals surface area (Å²) in [6.07, 6.45) is 11.6. The van der Waals surface area contributed by atoms with Crippen LogP contribution in [0.1, 0.15) is 74.7 Å². The molecule has 6 aliphatic carbocycles. The first-order valence-corrected chi connectivity index (χ1v) is 22.1. The number of nitrogens with zero attached hydrogens (tertiary/aromatic N) is 1. The molecular weight excluding hydrogens is 757 g/mol. The van der Waals surface area contributed by atoms with E-state index in [1.54, 1.807) is 12.0 Å². The number of hydrogen-bond donors (Lipinski definition) is 3. The van der Waals surface area contributed by atoms with E-state index >= 15 is 4.79 Å². The molecule has 0 radical (unpaired) electrons. The minimum atomic E-state index is -1.24. The Kier molecular flexibility index (Phi) is 9.46. The molecule has 0 saturated heterocycles. The molecule has 11 rings (SSSR count). The molecule has 0 aliphatic heterocycles. The van der Waals surface area contributed by atoms with Crippen molar-refractivity contribution in [3.63, 3.8) is 0 Å². The number of urea groups is 1. The number of carbonyl (C=O) groups is 2. The molecule has 7 nitrogen and oxygen atoms in total. The van der Waals surface area contributed by atoms with Gasteiger partial charge in [0.15, 0.2) is 5.78 Å². The highest BCUT2D eigenvalue weighted by Crippen LogP contribution is 2.78. The van der Waals surface area contributed by atoms with Crippen LogP contribution in [-0.4, -0.2) is 52.3 Å². The van der Waals surface area contributed by atoms with E-state index in [0.717, 1.165) is 65.1 Å². The van der Waals surface area contributed by atoms with Gasteiger partial charge in [-0.25, -0.2) is 4.79 Å². The number of fused-ring (bicyclic) bond motifs is 2. The van der Waals surface area contributed by atoms with E-state index in [0.29, 0.717) is 36.4 Å². The topological polar surface area (TPSA) is 99.1 Å². The molecule has 312 valence electrons. The van der Waals surface area contributed by atoms with E-state index in [1.165, 1.54) is 0 Å². The minimum Gasteiger partial charge on any atom is -0.497 e. The van der Waals surface area contributed by atoms with Crippen LogP contribution in [-0.2, 0) is 6.54 Å². The van der Waals surface area contributed by atoms with Crippen LogP contribution in [0, 0.1) is 33.5 Å². The second-order valence-corrected chi connectivity index (χ2v) is 19.2. The second-order valence-electron chi connectivity index (χ2n) is 19.2. The van der Waals surface area contributed by atoms with Gasteiger partial charge < -0.3 is 25.2 Å². The number of ether oxygens (including phenoxy) is 1. The summed E-state index contributed by atoms with van der Waals surface area (Å²) in [6, 6.07) is 39.7. The number of aliphatic hydroxyl groups is 2. The van der Waals surface area contributed by atoms with Crippen molar-refractivity contribution in [1.82, 2.24) is 4.90 Å². The predicted molar refractivity (Wildman–Crippen MR) is 241 cm³/mol. The van der Waals surface area contributed by atoms with Crippen LogP contribution in [0.4, 0.5) is 10.5 Å². The van der Waals surface area contributed by atoms with Gasteiger partial charge in [0.2, 0.25) is 0 Å². The Morgan fingerprint density at radius 3 is 2.20 bits per heavy atom. The maximum Gasteiger partial charge on any atom is 0.322 e. The van der Waals surface area contributed by atoms with Gasteiger partial charge in [0.05, 0.1) is 25.4 Å². The number of aliphatic hydroxyl groups excluding tert-OH is 1. The fourth-order valence-electron chi connectivity index (χ4n) is 13.2. The summed E-state index contributed by atoms with van der Waals surface area (Å²) < 4.78 is 5.37. The number of rotatable bonds is 9. The van der Waals surface area contributed by atoms with E-state index in [2.05, 4.69) is 73.8 Å². The average Bonchev–Trinajstić information content (AvgIpc) is 3.56. The van der Waals surface area contributed by atoms with Crippen molar-refractivity contribution in [2.45, 2.75) is 77.0 Å². The lowest BCUT2D eigenvalue weighted by molar-refractivity contribution is -0.174. The number of anilines is 1. The van der Waals surface area contributed by atoms with Crippen molar-refractivity contribution >= 4 is 28.3 Å². The van der Waals surface area contributed by atoms with Gasteiger partial charge in [-0.05, 0) is 114 Å². The van der Waals surface area contributed by atoms with E-state index in [9.17, 15) is 15.0 Å². The highest BCUT2D eigenvalue weighted by molar-refractivity contribution is 6.10. The zero-order chi connectivity index (χ0) is 42.2. The lowest BCUT2D eigenvalue weighted by Crippen LogP contribution is -2.67. The second kappa shape index (κ2) is 14.6. The van der Waals surface area contributed by atoms with Crippen molar-refractivity contribution in [2.24, 2.45) is 33.5 Å². The zero-order valence-corrected chi connectivity index (χ0v) is 35.4. The molecule has 3 saturated carbocycles. The Labute approximate surface area is 359 Å². The number of hydrogen-bond acceptors (Lipinski definition) is 5. The smallest absolute Gasteiger partial charge is 0.322 e. The fraction of sp³-hybridized carbons (Fsp3) is 0.370. The number of Topliss-reactive ketones (excluding diaryl/α,β-unsaturated/α-hetero) is 1. The molecule has 2 amide bonds. The highest BCUT2D eigenvalue weighted by Gasteiger charge is 2.74. The normalized spacial score (nSPS) is 32.0. The summed E-state index contributed by atoms with van der Waals surface area (Å²) in [4.78, 5) is 31.7. The van der Waals surface area contributed by atoms with Gasteiger partial charge in [-0.1, -0.05) is 129 Å². The lowest BCUT2D eigenvalue weighted by atomic mass is 9.32. The average molecular weight is 813 g/mol. The summed E-state index contributed by atoms with van der Waals surface area (Å²) in [5.74, 6) is 0.845. The molecule has 61 heavy (non-hydrogen) atoms. The van der Waals surface area contributed by atoms with Crippen molar-refractivity contribution in [1.29, 1.82) is 0 Å². The molecule has 5 aromatic rings. The largest absolute Gasteiger partial charge is 0.497 e. The summed E-state index contributed by atoms with van der Waals surface area (Å²) >= 11 is 0. The monoisotopic (exact) mass is 812 g/mol. The van der Waals surface area contributed by atoms with Gasteiger partial charge in [-0.15, -0.1) is 0 Å². The van der Waals surface area contributed by atoms with E-state index < -0.39 is 27.9 Å². The van der Waals surface area contributed by atoms with Crippen molar-refractivity contribution in [2.75, 3.05) is 19.0 Å². The Balaban J connectivity index is 1.03. The van der Waals surface area contributed by atoms with Crippen molar-refractivity contribution < 1.29 is 24.5 Å². The first-order chi connectivity index (χ1) is 29.4. The number of allylic oxidation sites excluding steroid dienone is 4. The van der Waals surface area contributed by atoms with Crippen LogP contribution in [0.2, 0.25) is 0 Å². The Morgan fingerprint density at radius 2 is 1.43 bits per heavy atom. The van der Waals surface area contributed by atoms with Gasteiger partial charge >= 0.3 is 6.03 Å². The van der Waals surface area contributed by atoms with Crippen molar-refractivity contribution in [3.05, 3.63) is 156 Å². The molecular formula is C54H56N2O5.